The van der Waals surface area contributed by atoms with Gasteiger partial charge in [-0.05, 0) is 77.6 Å². The highest BCUT2D eigenvalue weighted by atomic mass is 16.2. The average molecular weight is 495 g/mol. The number of anilines is 1. The number of aryl methyl sites for hydroxylation is 1. The summed E-state index contributed by atoms with van der Waals surface area (Å²) in [6, 6.07) is 13.0. The molecule has 0 unspecified atom stereocenters. The van der Waals surface area contributed by atoms with Crippen LogP contribution in [0.5, 0.6) is 0 Å². The molecule has 0 spiro atoms. The highest BCUT2D eigenvalue weighted by Crippen LogP contribution is 2.27. The zero-order chi connectivity index (χ0) is 26.7. The first-order chi connectivity index (χ1) is 17.7. The molecule has 2 aliphatic rings. The molecule has 0 radical (unpaired) electrons. The van der Waals surface area contributed by atoms with E-state index in [0.717, 1.165) is 11.1 Å². The molecule has 1 aliphatic carbocycles. The summed E-state index contributed by atoms with van der Waals surface area (Å²) < 4.78 is 0. The summed E-state index contributed by atoms with van der Waals surface area (Å²) in [6.07, 6.45) is 5.03. The molecule has 1 fully saturated rings. The monoisotopic (exact) mass is 494 g/mol. The van der Waals surface area contributed by atoms with E-state index in [-0.39, 0.29) is 30.1 Å². The summed E-state index contributed by atoms with van der Waals surface area (Å²) in [5.74, 6) is -0.105. The van der Waals surface area contributed by atoms with Gasteiger partial charge < -0.3 is 15.5 Å². The normalized spacial score (nSPS) is 15.3. The van der Waals surface area contributed by atoms with E-state index >= 15 is 0 Å². The van der Waals surface area contributed by atoms with E-state index in [4.69, 9.17) is 0 Å². The molecule has 37 heavy (non-hydrogen) atoms. The number of nitrogens with one attached hydrogen (secondary N) is 2. The molecular formula is C30H30N4O3. The summed E-state index contributed by atoms with van der Waals surface area (Å²) in [4.78, 5) is 39.0. The molecule has 1 saturated heterocycles. The molecule has 188 valence electrons. The van der Waals surface area contributed by atoms with Gasteiger partial charge in [-0.3, -0.25) is 14.4 Å². The maximum atomic E-state index is 13.1. The van der Waals surface area contributed by atoms with Gasteiger partial charge in [-0.2, -0.15) is 5.26 Å². The van der Waals surface area contributed by atoms with Crippen LogP contribution in [0.15, 0.2) is 66.9 Å². The van der Waals surface area contributed by atoms with Gasteiger partial charge >= 0.3 is 0 Å². The fraction of sp³-hybridized carbons (Fsp3) is 0.267. The van der Waals surface area contributed by atoms with Gasteiger partial charge in [0.05, 0.1) is 23.4 Å². The van der Waals surface area contributed by atoms with E-state index in [1.54, 1.807) is 35.3 Å². The van der Waals surface area contributed by atoms with Gasteiger partial charge in [-0.15, -0.1) is 0 Å². The Morgan fingerprint density at radius 1 is 1.19 bits per heavy atom. The van der Waals surface area contributed by atoms with Crippen LogP contribution in [0.1, 0.15) is 58.8 Å². The van der Waals surface area contributed by atoms with Gasteiger partial charge in [0.25, 0.3) is 5.91 Å². The van der Waals surface area contributed by atoms with Crippen LogP contribution >= 0.6 is 0 Å². The van der Waals surface area contributed by atoms with Crippen LogP contribution in [0.3, 0.4) is 0 Å². The van der Waals surface area contributed by atoms with Crippen molar-refractivity contribution in [2.24, 2.45) is 0 Å². The second kappa shape index (κ2) is 10.7. The first kappa shape index (κ1) is 25.6. The number of rotatable bonds is 7. The Morgan fingerprint density at radius 2 is 1.95 bits per heavy atom. The van der Waals surface area contributed by atoms with E-state index in [2.05, 4.69) is 37.1 Å². The van der Waals surface area contributed by atoms with Gasteiger partial charge in [-0.1, -0.05) is 32.6 Å². The van der Waals surface area contributed by atoms with Crippen molar-refractivity contribution in [1.29, 1.82) is 5.26 Å². The first-order valence-electron chi connectivity index (χ1n) is 12.3. The second-order valence-electron chi connectivity index (χ2n) is 9.72. The van der Waals surface area contributed by atoms with Gasteiger partial charge in [-0.25, -0.2) is 0 Å². The lowest BCUT2D eigenvalue weighted by molar-refractivity contribution is -0.130. The van der Waals surface area contributed by atoms with Crippen molar-refractivity contribution in [3.8, 4) is 6.07 Å². The van der Waals surface area contributed by atoms with Crippen molar-refractivity contribution in [2.45, 2.75) is 39.2 Å². The minimum atomic E-state index is -0.314. The Morgan fingerprint density at radius 3 is 2.59 bits per heavy atom. The van der Waals surface area contributed by atoms with Crippen LogP contribution in [0, 0.1) is 18.3 Å². The Labute approximate surface area is 217 Å². The molecule has 0 atom stereocenters. The molecule has 2 aromatic rings. The molecule has 4 rings (SSSR count). The summed E-state index contributed by atoms with van der Waals surface area (Å²) in [7, 11) is 0. The third-order valence-corrected chi connectivity index (χ3v) is 6.64. The highest BCUT2D eigenvalue weighted by molar-refractivity contribution is 6.06. The molecule has 2 amide bonds. The third kappa shape index (κ3) is 5.70. The zero-order valence-electron chi connectivity index (χ0n) is 21.3. The average Bonchev–Trinajstić information content (AvgIpc) is 2.85. The van der Waals surface area contributed by atoms with Crippen LogP contribution in [0.2, 0.25) is 0 Å². The first-order valence-corrected chi connectivity index (χ1v) is 12.3. The van der Waals surface area contributed by atoms with Crippen molar-refractivity contribution in [1.82, 2.24) is 10.2 Å². The topological polar surface area (TPSA) is 102 Å². The quantitative estimate of drug-likeness (QED) is 0.553. The van der Waals surface area contributed by atoms with Crippen LogP contribution < -0.4 is 10.6 Å². The SMILES string of the molecule is C=CC(=O)N1CC(NC2=CC(c3cc(C#N)cc(C(=O)Nc4ccc(C(C)C)c(C)c4)c3)=CCC2=O)C1. The minimum Gasteiger partial charge on any atom is -0.376 e. The summed E-state index contributed by atoms with van der Waals surface area (Å²) in [5.41, 5.74) is 5.62. The number of carbonyl (C=O) groups excluding carboxylic acids is 3. The van der Waals surface area contributed by atoms with Crippen LogP contribution in [-0.2, 0) is 9.59 Å². The van der Waals surface area contributed by atoms with Crippen molar-refractivity contribution in [2.75, 3.05) is 18.4 Å². The second-order valence-corrected chi connectivity index (χ2v) is 9.72. The molecule has 0 saturated carbocycles. The fourth-order valence-electron chi connectivity index (χ4n) is 4.62. The number of ketones is 1. The van der Waals surface area contributed by atoms with E-state index in [0.29, 0.717) is 47.1 Å². The van der Waals surface area contributed by atoms with Gasteiger partial charge in [0.1, 0.15) is 0 Å². The van der Waals surface area contributed by atoms with E-state index < -0.39 is 0 Å². The summed E-state index contributed by atoms with van der Waals surface area (Å²) >= 11 is 0. The number of likely N-dealkylation sites (tertiary alicyclic amines) is 1. The Kier molecular flexibility index (Phi) is 7.40. The molecular weight excluding hydrogens is 464 g/mol. The molecule has 2 aromatic carbocycles. The lowest BCUT2D eigenvalue weighted by atomic mass is 9.93. The minimum absolute atomic E-state index is 0.0178. The molecule has 1 heterocycles. The number of hydrogen-bond donors (Lipinski definition) is 2. The third-order valence-electron chi connectivity index (χ3n) is 6.64. The Bertz CT molecular complexity index is 1390. The van der Waals surface area contributed by atoms with Crippen molar-refractivity contribution in [3.05, 3.63) is 94.7 Å². The molecule has 2 N–H and O–H groups in total. The summed E-state index contributed by atoms with van der Waals surface area (Å²) in [5, 5.41) is 15.8. The predicted molar refractivity (Wildman–Crippen MR) is 144 cm³/mol. The van der Waals surface area contributed by atoms with Crippen molar-refractivity contribution < 1.29 is 14.4 Å². The molecule has 7 heteroatoms. The number of allylic oxidation sites excluding steroid dienone is 4. The molecule has 0 aromatic heterocycles. The number of amides is 2. The number of benzene rings is 2. The predicted octanol–water partition coefficient (Wildman–Crippen LogP) is 4.47. The van der Waals surface area contributed by atoms with Gasteiger partial charge in [0.15, 0.2) is 5.78 Å². The summed E-state index contributed by atoms with van der Waals surface area (Å²) in [6.45, 7) is 10.8. The largest absolute Gasteiger partial charge is 0.376 e. The number of nitriles is 1. The molecule has 1 aliphatic heterocycles. The number of Topliss-reactive ketones (excluding diaryl/α,β-unsaturated/α-hetero) is 1. The van der Waals surface area contributed by atoms with E-state index in [1.807, 2.05) is 25.1 Å². The van der Waals surface area contributed by atoms with Crippen molar-refractivity contribution >= 4 is 28.9 Å². The Hall–Kier alpha value is -4.44. The van der Waals surface area contributed by atoms with E-state index in [1.165, 1.54) is 11.6 Å². The Balaban J connectivity index is 1.53. The smallest absolute Gasteiger partial charge is 0.255 e. The number of nitrogens with zero attached hydrogens (tertiary/aromatic N) is 2. The van der Waals surface area contributed by atoms with Crippen LogP contribution in [0.4, 0.5) is 5.69 Å². The van der Waals surface area contributed by atoms with Crippen molar-refractivity contribution in [3.63, 3.8) is 0 Å². The lowest BCUT2D eigenvalue weighted by Gasteiger charge is -2.40. The number of carbonyl (C=O) groups is 3. The van der Waals surface area contributed by atoms with Gasteiger partial charge in [0.2, 0.25) is 5.91 Å². The highest BCUT2D eigenvalue weighted by Gasteiger charge is 2.31. The van der Waals surface area contributed by atoms with Crippen LogP contribution in [0.25, 0.3) is 5.57 Å². The maximum Gasteiger partial charge on any atom is 0.255 e. The van der Waals surface area contributed by atoms with E-state index in [9.17, 15) is 19.6 Å². The molecule has 0 bridgehead atoms. The lowest BCUT2D eigenvalue weighted by Crippen LogP contribution is -2.59. The standard InChI is InChI=1S/C30H30N4O3/c1-5-29(36)34-16-25(17-34)32-27-14-21(6-9-28(27)35)22-11-20(15-31)12-23(13-22)30(37)33-24-7-8-26(18(2)3)19(4)10-24/h5-8,10-14,18,25,32H,1,9,16-17H2,2-4H3,(H,33,37). The zero-order valence-corrected chi connectivity index (χ0v) is 21.3. The van der Waals surface area contributed by atoms with Crippen LogP contribution in [-0.4, -0.2) is 41.6 Å². The number of hydrogen-bond acceptors (Lipinski definition) is 5. The maximum absolute atomic E-state index is 13.1. The fourth-order valence-corrected chi connectivity index (χ4v) is 4.62. The van der Waals surface area contributed by atoms with Gasteiger partial charge in [0, 0.05) is 30.8 Å². The molecule has 7 nitrogen and oxygen atoms in total.